The largest absolute Gasteiger partial charge is 0.464 e. The summed E-state index contributed by atoms with van der Waals surface area (Å²) in [5.74, 6) is 0.760. The monoisotopic (exact) mass is 331 g/mol. The highest BCUT2D eigenvalue weighted by molar-refractivity contribution is 6.31. The molecule has 1 aromatic carbocycles. The minimum atomic E-state index is -0.522. The van der Waals surface area contributed by atoms with Crippen LogP contribution in [0, 0.1) is 0 Å². The molecule has 2 aromatic heterocycles. The second kappa shape index (κ2) is 6.26. The quantitative estimate of drug-likeness (QED) is 0.732. The Morgan fingerprint density at radius 3 is 2.78 bits per heavy atom. The molecule has 0 fully saturated rings. The van der Waals surface area contributed by atoms with Crippen molar-refractivity contribution in [3.05, 3.63) is 52.9 Å². The van der Waals surface area contributed by atoms with Crippen molar-refractivity contribution in [3.8, 4) is 0 Å². The maximum atomic E-state index is 11.3. The topological polar surface area (TPSA) is 77.2 Å². The lowest BCUT2D eigenvalue weighted by molar-refractivity contribution is 0.0593. The van der Waals surface area contributed by atoms with Crippen molar-refractivity contribution in [1.29, 1.82) is 0 Å². The molecule has 118 valence electrons. The molecule has 0 aliphatic heterocycles. The van der Waals surface area contributed by atoms with Gasteiger partial charge >= 0.3 is 5.97 Å². The van der Waals surface area contributed by atoms with Gasteiger partial charge in [-0.15, -0.1) is 10.2 Å². The lowest BCUT2D eigenvalue weighted by Crippen LogP contribution is -2.10. The molecule has 3 aromatic rings. The Morgan fingerprint density at radius 1 is 1.26 bits per heavy atom. The van der Waals surface area contributed by atoms with E-state index in [-0.39, 0.29) is 11.7 Å². The van der Waals surface area contributed by atoms with E-state index in [1.165, 1.54) is 7.11 Å². The van der Waals surface area contributed by atoms with Crippen LogP contribution in [0.4, 0.5) is 5.82 Å². The van der Waals surface area contributed by atoms with E-state index in [0.717, 1.165) is 16.7 Å². The molecule has 0 bridgehead atoms. The third-order valence-electron chi connectivity index (χ3n) is 3.35. The molecule has 7 heteroatoms. The van der Waals surface area contributed by atoms with Crippen LogP contribution in [0.15, 0.2) is 40.8 Å². The summed E-state index contributed by atoms with van der Waals surface area (Å²) in [5, 5.41) is 12.5. The first-order valence-electron chi connectivity index (χ1n) is 6.94. The molecule has 0 saturated heterocycles. The Bertz CT molecular complexity index is 845. The first-order valence-corrected chi connectivity index (χ1v) is 7.32. The first kappa shape index (κ1) is 15.3. The zero-order chi connectivity index (χ0) is 16.4. The van der Waals surface area contributed by atoms with E-state index in [0.29, 0.717) is 10.8 Å². The molecule has 0 amide bonds. The summed E-state index contributed by atoms with van der Waals surface area (Å²) < 4.78 is 10.4. The fourth-order valence-electron chi connectivity index (χ4n) is 2.16. The Labute approximate surface area is 137 Å². The zero-order valence-electron chi connectivity index (χ0n) is 12.5. The van der Waals surface area contributed by atoms with Gasteiger partial charge in [-0.1, -0.05) is 11.6 Å². The van der Waals surface area contributed by atoms with Crippen molar-refractivity contribution in [2.24, 2.45) is 0 Å². The summed E-state index contributed by atoms with van der Waals surface area (Å²) in [6.07, 6.45) is 0. The number of hydrogen-bond donors (Lipinski definition) is 1. The predicted molar refractivity (Wildman–Crippen MR) is 86.6 cm³/mol. The predicted octanol–water partition coefficient (Wildman–Crippen LogP) is 3.84. The SMILES string of the molecule is COC(=O)c1ccc(NC(C)c2cc3cc(Cl)ccc3o2)nn1. The van der Waals surface area contributed by atoms with E-state index in [4.69, 9.17) is 16.0 Å². The summed E-state index contributed by atoms with van der Waals surface area (Å²) in [5.41, 5.74) is 0.925. The lowest BCUT2D eigenvalue weighted by atomic mass is 10.2. The number of hydrogen-bond acceptors (Lipinski definition) is 6. The first-order chi connectivity index (χ1) is 11.1. The molecule has 1 unspecified atom stereocenters. The number of carbonyl (C=O) groups is 1. The third-order valence-corrected chi connectivity index (χ3v) is 3.58. The fourth-order valence-corrected chi connectivity index (χ4v) is 2.34. The van der Waals surface area contributed by atoms with Gasteiger partial charge in [0.15, 0.2) is 5.69 Å². The van der Waals surface area contributed by atoms with Crippen LogP contribution in [0.5, 0.6) is 0 Å². The second-order valence-electron chi connectivity index (χ2n) is 4.99. The molecule has 0 saturated carbocycles. The highest BCUT2D eigenvalue weighted by atomic mass is 35.5. The van der Waals surface area contributed by atoms with Gasteiger partial charge in [0.2, 0.25) is 0 Å². The highest BCUT2D eigenvalue weighted by Gasteiger charge is 2.13. The number of fused-ring (bicyclic) bond motifs is 1. The van der Waals surface area contributed by atoms with Gasteiger partial charge < -0.3 is 14.5 Å². The summed E-state index contributed by atoms with van der Waals surface area (Å²) in [7, 11) is 1.30. The van der Waals surface area contributed by atoms with Crippen molar-refractivity contribution >= 4 is 34.4 Å². The second-order valence-corrected chi connectivity index (χ2v) is 5.43. The number of ether oxygens (including phenoxy) is 1. The molecule has 0 aliphatic rings. The number of furan rings is 1. The van der Waals surface area contributed by atoms with Gasteiger partial charge in [-0.3, -0.25) is 0 Å². The fraction of sp³-hybridized carbons (Fsp3) is 0.188. The maximum Gasteiger partial charge on any atom is 0.358 e. The van der Waals surface area contributed by atoms with Gasteiger partial charge in [-0.05, 0) is 43.3 Å². The van der Waals surface area contributed by atoms with Crippen molar-refractivity contribution < 1.29 is 13.9 Å². The Morgan fingerprint density at radius 2 is 2.09 bits per heavy atom. The van der Waals surface area contributed by atoms with Crippen LogP contribution in [-0.2, 0) is 4.74 Å². The maximum absolute atomic E-state index is 11.3. The molecule has 0 radical (unpaired) electrons. The van der Waals surface area contributed by atoms with Crippen LogP contribution in [0.25, 0.3) is 11.0 Å². The standard InChI is InChI=1S/C16H14ClN3O3/c1-9(14-8-10-7-11(17)3-5-13(10)23-14)18-15-6-4-12(19-20-15)16(21)22-2/h3-9H,1-2H3,(H,18,20). The normalized spacial score (nSPS) is 12.1. The minimum absolute atomic E-state index is 0.126. The number of anilines is 1. The smallest absolute Gasteiger partial charge is 0.358 e. The molecule has 6 nitrogen and oxygen atoms in total. The van der Waals surface area contributed by atoms with E-state index < -0.39 is 5.97 Å². The van der Waals surface area contributed by atoms with Gasteiger partial charge in [0.1, 0.15) is 17.2 Å². The van der Waals surface area contributed by atoms with Crippen molar-refractivity contribution in [1.82, 2.24) is 10.2 Å². The molecule has 23 heavy (non-hydrogen) atoms. The Balaban J connectivity index is 1.77. The number of nitrogens with zero attached hydrogens (tertiary/aromatic N) is 2. The van der Waals surface area contributed by atoms with Crippen molar-refractivity contribution in [2.75, 3.05) is 12.4 Å². The number of methoxy groups -OCH3 is 1. The molecule has 0 aliphatic carbocycles. The number of halogens is 1. The van der Waals surface area contributed by atoms with E-state index in [1.54, 1.807) is 18.2 Å². The molecular formula is C16H14ClN3O3. The number of nitrogens with one attached hydrogen (secondary N) is 1. The number of benzene rings is 1. The molecule has 1 atom stereocenters. The van der Waals surface area contributed by atoms with Crippen LogP contribution in [0.2, 0.25) is 5.02 Å². The number of carbonyl (C=O) groups excluding carboxylic acids is 1. The van der Waals surface area contributed by atoms with Crippen LogP contribution >= 0.6 is 11.6 Å². The molecule has 2 heterocycles. The van der Waals surface area contributed by atoms with Gasteiger partial charge in [0.05, 0.1) is 13.2 Å². The van der Waals surface area contributed by atoms with E-state index in [9.17, 15) is 4.79 Å². The van der Waals surface area contributed by atoms with Gasteiger partial charge in [0, 0.05) is 10.4 Å². The van der Waals surface area contributed by atoms with E-state index in [2.05, 4.69) is 20.3 Å². The molecule has 1 N–H and O–H groups in total. The highest BCUT2D eigenvalue weighted by Crippen LogP contribution is 2.27. The zero-order valence-corrected chi connectivity index (χ0v) is 13.3. The van der Waals surface area contributed by atoms with Crippen LogP contribution < -0.4 is 5.32 Å². The molecule has 0 spiro atoms. The Hall–Kier alpha value is -2.60. The molecule has 3 rings (SSSR count). The number of aromatic nitrogens is 2. The van der Waals surface area contributed by atoms with Crippen molar-refractivity contribution in [3.63, 3.8) is 0 Å². The number of rotatable bonds is 4. The van der Waals surface area contributed by atoms with Gasteiger partial charge in [-0.25, -0.2) is 4.79 Å². The lowest BCUT2D eigenvalue weighted by Gasteiger charge is -2.11. The minimum Gasteiger partial charge on any atom is -0.464 e. The van der Waals surface area contributed by atoms with Crippen LogP contribution in [0.1, 0.15) is 29.2 Å². The van der Waals surface area contributed by atoms with E-state index in [1.807, 2.05) is 25.1 Å². The summed E-state index contributed by atoms with van der Waals surface area (Å²) in [6.45, 7) is 1.94. The summed E-state index contributed by atoms with van der Waals surface area (Å²) >= 11 is 5.98. The molecular weight excluding hydrogens is 318 g/mol. The van der Waals surface area contributed by atoms with Crippen LogP contribution in [0.3, 0.4) is 0 Å². The Kier molecular flexibility index (Phi) is 4.16. The third kappa shape index (κ3) is 3.27. The summed E-state index contributed by atoms with van der Waals surface area (Å²) in [4.78, 5) is 11.3. The van der Waals surface area contributed by atoms with Gasteiger partial charge in [-0.2, -0.15) is 0 Å². The average molecular weight is 332 g/mol. The summed E-state index contributed by atoms with van der Waals surface area (Å²) in [6, 6.07) is 10.5. The van der Waals surface area contributed by atoms with Crippen molar-refractivity contribution in [2.45, 2.75) is 13.0 Å². The average Bonchev–Trinajstić information content (AvgIpc) is 2.98. The van der Waals surface area contributed by atoms with E-state index >= 15 is 0 Å². The number of esters is 1. The van der Waals surface area contributed by atoms with Crippen LogP contribution in [-0.4, -0.2) is 23.3 Å². The van der Waals surface area contributed by atoms with Gasteiger partial charge in [0.25, 0.3) is 0 Å².